The number of nitrogens with zero attached hydrogens (tertiary/aromatic N) is 3. The van der Waals surface area contributed by atoms with Gasteiger partial charge in [-0.1, -0.05) is 11.6 Å². The summed E-state index contributed by atoms with van der Waals surface area (Å²) in [6.45, 7) is 7.34. The lowest BCUT2D eigenvalue weighted by Crippen LogP contribution is -2.43. The van der Waals surface area contributed by atoms with Gasteiger partial charge in [0.1, 0.15) is 5.82 Å². The highest BCUT2D eigenvalue weighted by Gasteiger charge is 2.31. The smallest absolute Gasteiger partial charge is 0.141 e. The summed E-state index contributed by atoms with van der Waals surface area (Å²) in [7, 11) is 0. The van der Waals surface area contributed by atoms with Crippen LogP contribution in [0, 0.1) is 19.7 Å². The molecule has 1 aromatic heterocycles. The topological polar surface area (TPSA) is 33.1 Å². The molecule has 1 aliphatic heterocycles. The van der Waals surface area contributed by atoms with E-state index >= 15 is 0 Å². The summed E-state index contributed by atoms with van der Waals surface area (Å²) in [5, 5.41) is 8.49. The molecule has 140 valence electrons. The van der Waals surface area contributed by atoms with Gasteiger partial charge >= 0.3 is 0 Å². The molecule has 0 bridgehead atoms. The maximum Gasteiger partial charge on any atom is 0.141 e. The van der Waals surface area contributed by atoms with Gasteiger partial charge in [-0.25, -0.2) is 9.07 Å². The Bertz CT molecular complexity index is 791. The first-order chi connectivity index (χ1) is 12.5. The van der Waals surface area contributed by atoms with Crippen LogP contribution in [0.4, 0.5) is 4.39 Å². The molecule has 0 atom stereocenters. The normalized spacial score (nSPS) is 19.2. The number of hydrogen-bond donors (Lipinski definition) is 1. The molecule has 4 nitrogen and oxygen atoms in total. The fraction of sp³-hybridized carbons (Fsp3) is 0.550. The van der Waals surface area contributed by atoms with Gasteiger partial charge in [-0.15, -0.1) is 0 Å². The number of halogens is 2. The van der Waals surface area contributed by atoms with Gasteiger partial charge in [0.25, 0.3) is 0 Å². The summed E-state index contributed by atoms with van der Waals surface area (Å²) in [6, 6.07) is 6.18. The van der Waals surface area contributed by atoms with E-state index in [0.29, 0.717) is 6.04 Å². The van der Waals surface area contributed by atoms with Gasteiger partial charge < -0.3 is 10.2 Å². The molecule has 2 aliphatic rings. The quantitative estimate of drug-likeness (QED) is 0.856. The average molecular weight is 377 g/mol. The summed E-state index contributed by atoms with van der Waals surface area (Å²) in [4.78, 5) is 2.64. The molecule has 2 aromatic rings. The third-order valence-electron chi connectivity index (χ3n) is 5.75. The third-order valence-corrected chi connectivity index (χ3v) is 6.04. The number of rotatable bonds is 5. The van der Waals surface area contributed by atoms with Gasteiger partial charge in [-0.3, -0.25) is 0 Å². The van der Waals surface area contributed by atoms with Crippen LogP contribution in [0.25, 0.3) is 5.69 Å². The summed E-state index contributed by atoms with van der Waals surface area (Å²) >= 11 is 5.93. The molecule has 1 aliphatic carbocycles. The Morgan fingerprint density at radius 2 is 1.92 bits per heavy atom. The predicted molar refractivity (Wildman–Crippen MR) is 102 cm³/mol. The first-order valence-electron chi connectivity index (χ1n) is 9.51. The zero-order valence-electron chi connectivity index (χ0n) is 15.4. The Hall–Kier alpha value is -1.43. The van der Waals surface area contributed by atoms with Crippen molar-refractivity contribution in [3.63, 3.8) is 0 Å². The van der Waals surface area contributed by atoms with E-state index < -0.39 is 5.82 Å². The van der Waals surface area contributed by atoms with Crippen molar-refractivity contribution >= 4 is 11.6 Å². The van der Waals surface area contributed by atoms with Gasteiger partial charge in [0.15, 0.2) is 0 Å². The number of aromatic nitrogens is 2. The number of likely N-dealkylation sites (tertiary alicyclic amines) is 1. The van der Waals surface area contributed by atoms with E-state index in [0.717, 1.165) is 29.7 Å². The Morgan fingerprint density at radius 1 is 1.19 bits per heavy atom. The number of hydrogen-bond acceptors (Lipinski definition) is 3. The van der Waals surface area contributed by atoms with Crippen molar-refractivity contribution in [2.24, 2.45) is 0 Å². The van der Waals surface area contributed by atoms with E-state index in [9.17, 15) is 4.39 Å². The molecule has 0 amide bonds. The molecule has 0 unspecified atom stereocenters. The lowest BCUT2D eigenvalue weighted by atomic mass is 10.0. The van der Waals surface area contributed by atoms with Crippen LogP contribution in [0.15, 0.2) is 18.2 Å². The molecule has 4 rings (SSSR count). The Kier molecular flexibility index (Phi) is 5.04. The fourth-order valence-electron chi connectivity index (χ4n) is 3.95. The molecule has 1 aromatic carbocycles. The van der Waals surface area contributed by atoms with Crippen LogP contribution < -0.4 is 5.32 Å². The number of piperidine rings is 1. The Morgan fingerprint density at radius 3 is 2.58 bits per heavy atom. The number of benzene rings is 1. The zero-order valence-corrected chi connectivity index (χ0v) is 16.2. The molecular weight excluding hydrogens is 351 g/mol. The molecule has 26 heavy (non-hydrogen) atoms. The van der Waals surface area contributed by atoms with Crippen LogP contribution in [-0.4, -0.2) is 39.9 Å². The lowest BCUT2D eigenvalue weighted by molar-refractivity contribution is 0.189. The van der Waals surface area contributed by atoms with Gasteiger partial charge in [0.05, 0.1) is 16.4 Å². The highest BCUT2D eigenvalue weighted by Crippen LogP contribution is 2.29. The number of nitrogens with one attached hydrogen (secondary N) is 1. The zero-order chi connectivity index (χ0) is 18.3. The molecule has 6 heteroatoms. The van der Waals surface area contributed by atoms with Gasteiger partial charge in [0.2, 0.25) is 0 Å². The maximum absolute atomic E-state index is 13.4. The molecule has 2 heterocycles. The minimum absolute atomic E-state index is 0.122. The van der Waals surface area contributed by atoms with E-state index in [-0.39, 0.29) is 5.02 Å². The molecule has 1 saturated heterocycles. The van der Waals surface area contributed by atoms with E-state index in [1.54, 1.807) is 12.1 Å². The second-order valence-corrected chi connectivity index (χ2v) is 7.99. The standard InChI is InChI=1S/C20H26ClFN4/c1-13-18(12-23-15-7-9-25(10-8-15)16-3-4-16)14(2)26(24-13)17-5-6-20(22)19(21)11-17/h5-6,11,15-16,23H,3-4,7-10,12H2,1-2H3. The van der Waals surface area contributed by atoms with E-state index in [4.69, 9.17) is 11.6 Å². The predicted octanol–water partition coefficient (Wildman–Crippen LogP) is 4.00. The summed E-state index contributed by atoms with van der Waals surface area (Å²) < 4.78 is 15.3. The van der Waals surface area contributed by atoms with Crippen LogP contribution in [0.1, 0.15) is 42.6 Å². The van der Waals surface area contributed by atoms with E-state index in [1.165, 1.54) is 50.4 Å². The molecule has 1 N–H and O–H groups in total. The summed E-state index contributed by atoms with van der Waals surface area (Å²) in [5.41, 5.74) is 4.09. The fourth-order valence-corrected chi connectivity index (χ4v) is 4.13. The molecule has 2 fully saturated rings. The van der Waals surface area contributed by atoms with E-state index in [1.807, 2.05) is 11.6 Å². The van der Waals surface area contributed by atoms with Crippen molar-refractivity contribution < 1.29 is 4.39 Å². The minimum Gasteiger partial charge on any atom is -0.310 e. The first-order valence-corrected chi connectivity index (χ1v) is 9.88. The second kappa shape index (κ2) is 7.29. The van der Waals surface area contributed by atoms with Crippen LogP contribution in [0.5, 0.6) is 0 Å². The SMILES string of the molecule is Cc1nn(-c2ccc(F)c(Cl)c2)c(C)c1CNC1CCN(C2CC2)CC1. The van der Waals surface area contributed by atoms with Crippen molar-refractivity contribution in [1.29, 1.82) is 0 Å². The summed E-state index contributed by atoms with van der Waals surface area (Å²) in [6.07, 6.45) is 5.22. The third kappa shape index (κ3) is 3.66. The van der Waals surface area contributed by atoms with Crippen LogP contribution in [0.2, 0.25) is 5.02 Å². The van der Waals surface area contributed by atoms with Crippen molar-refractivity contribution in [3.8, 4) is 5.69 Å². The molecular formula is C20H26ClFN4. The van der Waals surface area contributed by atoms with Crippen LogP contribution >= 0.6 is 11.6 Å². The van der Waals surface area contributed by atoms with Crippen LogP contribution in [0.3, 0.4) is 0 Å². The van der Waals surface area contributed by atoms with Crippen molar-refractivity contribution in [3.05, 3.63) is 46.0 Å². The van der Waals surface area contributed by atoms with Gasteiger partial charge in [0, 0.05) is 29.9 Å². The maximum atomic E-state index is 13.4. The van der Waals surface area contributed by atoms with Crippen molar-refractivity contribution in [2.45, 2.75) is 58.2 Å². The molecule has 1 saturated carbocycles. The van der Waals surface area contributed by atoms with Crippen LogP contribution in [-0.2, 0) is 6.54 Å². The lowest BCUT2D eigenvalue weighted by Gasteiger charge is -2.32. The average Bonchev–Trinajstić information content (AvgIpc) is 3.44. The summed E-state index contributed by atoms with van der Waals surface area (Å²) in [5.74, 6) is -0.406. The number of aryl methyl sites for hydroxylation is 1. The van der Waals surface area contributed by atoms with E-state index in [2.05, 4.69) is 22.2 Å². The Balaban J connectivity index is 1.42. The monoisotopic (exact) mass is 376 g/mol. The largest absolute Gasteiger partial charge is 0.310 e. The van der Waals surface area contributed by atoms with Gasteiger partial charge in [-0.05, 0) is 70.8 Å². The minimum atomic E-state index is -0.406. The highest BCUT2D eigenvalue weighted by molar-refractivity contribution is 6.30. The molecule has 0 spiro atoms. The van der Waals surface area contributed by atoms with Gasteiger partial charge in [-0.2, -0.15) is 5.10 Å². The Labute approximate surface area is 159 Å². The van der Waals surface area contributed by atoms with Crippen molar-refractivity contribution in [1.82, 2.24) is 20.0 Å². The molecule has 0 radical (unpaired) electrons. The first kappa shape index (κ1) is 18.0. The second-order valence-electron chi connectivity index (χ2n) is 7.58. The highest BCUT2D eigenvalue weighted by atomic mass is 35.5. The van der Waals surface area contributed by atoms with Crippen molar-refractivity contribution in [2.75, 3.05) is 13.1 Å².